The lowest BCUT2D eigenvalue weighted by atomic mass is 9.98. The molecule has 7 nitrogen and oxygen atoms in total. The first kappa shape index (κ1) is 29.7. The minimum absolute atomic E-state index is 0.141. The van der Waals surface area contributed by atoms with Gasteiger partial charge in [0.2, 0.25) is 15.9 Å². The number of hydrogen-bond donors (Lipinski definition) is 1. The van der Waals surface area contributed by atoms with Crippen molar-refractivity contribution in [2.45, 2.75) is 67.5 Å². The van der Waals surface area contributed by atoms with Gasteiger partial charge in [0.15, 0.2) is 6.04 Å². The smallest absolute Gasteiger partial charge is 0.298 e. The van der Waals surface area contributed by atoms with Crippen molar-refractivity contribution in [2.24, 2.45) is 5.73 Å². The van der Waals surface area contributed by atoms with Gasteiger partial charge in [-0.25, -0.2) is 8.42 Å². The van der Waals surface area contributed by atoms with Crippen molar-refractivity contribution in [2.75, 3.05) is 20.1 Å². The molecule has 0 radical (unpaired) electrons. The van der Waals surface area contributed by atoms with Crippen LogP contribution in [0.5, 0.6) is 5.75 Å². The first-order valence-electron chi connectivity index (χ1n) is 13.8. The highest BCUT2D eigenvalue weighted by Gasteiger charge is 2.53. The molecule has 3 aromatic carbocycles. The summed E-state index contributed by atoms with van der Waals surface area (Å²) in [7, 11) is -3.50. The lowest BCUT2D eigenvalue weighted by Crippen LogP contribution is -2.58. The number of nitrogens with zero attached hydrogens (tertiary/aromatic N) is 2. The maximum atomic E-state index is 16.2. The number of carbonyl (C=O) groups is 1. The second-order valence-corrected chi connectivity index (χ2v) is 13.3. The molecule has 1 heterocycles. The Kier molecular flexibility index (Phi) is 8.57. The largest absolute Gasteiger partial charge is 0.490 e. The molecule has 1 aliphatic carbocycles. The van der Waals surface area contributed by atoms with Gasteiger partial charge in [0, 0.05) is 36.8 Å². The molecule has 1 atom stereocenters. The topological polar surface area (TPSA) is 92.9 Å². The van der Waals surface area contributed by atoms with E-state index >= 15 is 8.78 Å². The van der Waals surface area contributed by atoms with Crippen molar-refractivity contribution in [3.8, 4) is 5.75 Å². The second-order valence-electron chi connectivity index (χ2n) is 10.9. The molecule has 2 fully saturated rings. The first-order valence-corrected chi connectivity index (χ1v) is 15.7. The summed E-state index contributed by atoms with van der Waals surface area (Å²) in [6.45, 7) is 0.338. The SMILES string of the molecule is CN([C@H](C(=O)N1CCC(N)CC1)C(F)(F)c1ccc(Cl)cc1)S(=O)(=O)c1ccc2cc(OC3CCCC3)ccc2c1. The number of benzene rings is 3. The van der Waals surface area contributed by atoms with E-state index in [4.69, 9.17) is 22.1 Å². The monoisotopic (exact) mass is 605 g/mol. The van der Waals surface area contributed by atoms with Crippen LogP contribution in [-0.4, -0.2) is 61.9 Å². The van der Waals surface area contributed by atoms with E-state index in [0.29, 0.717) is 28.3 Å². The van der Waals surface area contributed by atoms with E-state index in [9.17, 15) is 13.2 Å². The zero-order valence-corrected chi connectivity index (χ0v) is 24.4. The van der Waals surface area contributed by atoms with E-state index in [-0.39, 0.29) is 35.2 Å². The number of alkyl halides is 2. The van der Waals surface area contributed by atoms with Gasteiger partial charge in [-0.1, -0.05) is 35.9 Å². The molecule has 1 amide bonds. The molecule has 1 saturated heterocycles. The number of piperidine rings is 1. The summed E-state index contributed by atoms with van der Waals surface area (Å²) in [4.78, 5) is 14.7. The second kappa shape index (κ2) is 11.8. The number of halogens is 3. The molecule has 2 aliphatic rings. The summed E-state index contributed by atoms with van der Waals surface area (Å²) in [6, 6.07) is 12.1. The lowest BCUT2D eigenvalue weighted by molar-refractivity contribution is -0.151. The van der Waals surface area contributed by atoms with Crippen LogP contribution in [-0.2, 0) is 20.7 Å². The Labute approximate surface area is 244 Å². The number of nitrogens with two attached hydrogens (primary N) is 1. The van der Waals surface area contributed by atoms with E-state index in [1.165, 1.54) is 29.2 Å². The number of fused-ring (bicyclic) bond motifs is 1. The van der Waals surface area contributed by atoms with Crippen LogP contribution in [0.15, 0.2) is 65.6 Å². The number of likely N-dealkylation sites (tertiary alicyclic amines) is 1. The number of carbonyl (C=O) groups excluding carboxylic acids is 1. The van der Waals surface area contributed by atoms with E-state index in [1.807, 2.05) is 6.07 Å². The van der Waals surface area contributed by atoms with Crippen molar-refractivity contribution in [1.82, 2.24) is 9.21 Å². The van der Waals surface area contributed by atoms with E-state index < -0.39 is 33.5 Å². The van der Waals surface area contributed by atoms with Crippen LogP contribution in [0.3, 0.4) is 0 Å². The van der Waals surface area contributed by atoms with Crippen LogP contribution in [0.4, 0.5) is 8.78 Å². The highest BCUT2D eigenvalue weighted by Crippen LogP contribution is 2.38. The van der Waals surface area contributed by atoms with Crippen LogP contribution < -0.4 is 10.5 Å². The summed E-state index contributed by atoms with van der Waals surface area (Å²) in [6.07, 6.45) is 5.35. The minimum Gasteiger partial charge on any atom is -0.490 e. The number of likely N-dealkylation sites (N-methyl/N-ethyl adjacent to an activating group) is 1. The Morgan fingerprint density at radius 3 is 2.27 bits per heavy atom. The third-order valence-electron chi connectivity index (χ3n) is 8.09. The summed E-state index contributed by atoms with van der Waals surface area (Å²) < 4.78 is 66.6. The third kappa shape index (κ3) is 6.21. The summed E-state index contributed by atoms with van der Waals surface area (Å²) in [5.74, 6) is -4.13. The quantitative estimate of drug-likeness (QED) is 0.364. The van der Waals surface area contributed by atoms with E-state index in [1.54, 1.807) is 18.2 Å². The zero-order chi connectivity index (χ0) is 29.4. The van der Waals surface area contributed by atoms with Gasteiger partial charge in [0.1, 0.15) is 5.75 Å². The molecule has 41 heavy (non-hydrogen) atoms. The average Bonchev–Trinajstić information content (AvgIpc) is 3.46. The van der Waals surface area contributed by atoms with Gasteiger partial charge in [0.05, 0.1) is 11.0 Å². The fraction of sp³-hybridized carbons (Fsp3) is 0.433. The molecule has 1 saturated carbocycles. The van der Waals surface area contributed by atoms with Gasteiger partial charge >= 0.3 is 0 Å². The number of rotatable bonds is 8. The Morgan fingerprint density at radius 1 is 1.00 bits per heavy atom. The van der Waals surface area contributed by atoms with Gasteiger partial charge in [-0.05, 0) is 85.7 Å². The highest BCUT2D eigenvalue weighted by molar-refractivity contribution is 7.89. The summed E-state index contributed by atoms with van der Waals surface area (Å²) >= 11 is 5.91. The van der Waals surface area contributed by atoms with Gasteiger partial charge < -0.3 is 15.4 Å². The normalized spacial score (nSPS) is 18.2. The third-order valence-corrected chi connectivity index (χ3v) is 10.2. The fourth-order valence-electron chi connectivity index (χ4n) is 5.60. The predicted octanol–water partition coefficient (Wildman–Crippen LogP) is 5.55. The lowest BCUT2D eigenvalue weighted by Gasteiger charge is -2.38. The molecule has 0 bridgehead atoms. The number of hydrogen-bond acceptors (Lipinski definition) is 5. The Balaban J connectivity index is 1.48. The molecule has 5 rings (SSSR count). The van der Waals surface area contributed by atoms with Crippen molar-refractivity contribution in [3.63, 3.8) is 0 Å². The molecule has 0 spiro atoms. The van der Waals surface area contributed by atoms with E-state index in [0.717, 1.165) is 50.2 Å². The molecule has 2 N–H and O–H groups in total. The van der Waals surface area contributed by atoms with Crippen molar-refractivity contribution in [1.29, 1.82) is 0 Å². The molecule has 0 unspecified atom stereocenters. The van der Waals surface area contributed by atoms with Crippen molar-refractivity contribution >= 4 is 38.3 Å². The number of sulfonamides is 1. The van der Waals surface area contributed by atoms with Gasteiger partial charge in [-0.3, -0.25) is 4.79 Å². The number of amides is 1. The molecule has 220 valence electrons. The molecular formula is C30H34ClF2N3O4S. The maximum Gasteiger partial charge on any atom is 0.298 e. The summed E-state index contributed by atoms with van der Waals surface area (Å²) in [5.41, 5.74) is 5.44. The van der Waals surface area contributed by atoms with Crippen LogP contribution in [0.25, 0.3) is 10.8 Å². The Bertz CT molecular complexity index is 1510. The van der Waals surface area contributed by atoms with Gasteiger partial charge in [-0.15, -0.1) is 0 Å². The van der Waals surface area contributed by atoms with Crippen molar-refractivity contribution in [3.05, 3.63) is 71.2 Å². The van der Waals surface area contributed by atoms with Crippen LogP contribution in [0.1, 0.15) is 44.1 Å². The highest BCUT2D eigenvalue weighted by atomic mass is 35.5. The van der Waals surface area contributed by atoms with Gasteiger partial charge in [-0.2, -0.15) is 13.1 Å². The fourth-order valence-corrected chi connectivity index (χ4v) is 7.08. The number of ether oxygens (including phenoxy) is 1. The van der Waals surface area contributed by atoms with E-state index in [2.05, 4.69) is 0 Å². The Morgan fingerprint density at radius 2 is 1.61 bits per heavy atom. The van der Waals surface area contributed by atoms with Crippen LogP contribution >= 0.6 is 11.6 Å². The zero-order valence-electron chi connectivity index (χ0n) is 22.8. The van der Waals surface area contributed by atoms with Crippen LogP contribution in [0.2, 0.25) is 5.02 Å². The molecule has 0 aromatic heterocycles. The Hall–Kier alpha value is -2.79. The summed E-state index contributed by atoms with van der Waals surface area (Å²) in [5, 5.41) is 1.60. The first-order chi connectivity index (χ1) is 19.5. The molecule has 11 heteroatoms. The van der Waals surface area contributed by atoms with Gasteiger partial charge in [0.25, 0.3) is 5.92 Å². The standard InChI is InChI=1S/C30H34ClF2N3O4S/c1-35(28(29(37)36-16-14-24(34)15-17-36)30(32,33)22-8-10-23(31)11-9-22)41(38,39)27-13-7-20-18-26(12-6-21(20)19-27)40-25-4-2-3-5-25/h6-13,18-19,24-25,28H,2-5,14-17,34H2,1H3/t28-/m1/s1. The van der Waals surface area contributed by atoms with Crippen molar-refractivity contribution < 1.29 is 26.7 Å². The average molecular weight is 606 g/mol. The predicted molar refractivity (Wildman–Crippen MR) is 155 cm³/mol. The minimum atomic E-state index is -4.53. The maximum absolute atomic E-state index is 16.2. The molecule has 1 aliphatic heterocycles. The molecule has 3 aromatic rings. The molecular weight excluding hydrogens is 572 g/mol. The van der Waals surface area contributed by atoms with Crippen LogP contribution in [0, 0.1) is 0 Å².